The molecule has 0 amide bonds. The van der Waals surface area contributed by atoms with Crippen LogP contribution in [0.1, 0.15) is 48.0 Å². The second kappa shape index (κ2) is 7.15. The molecular weight excluding hydrogens is 395 g/mol. The Labute approximate surface area is 145 Å². The summed E-state index contributed by atoms with van der Waals surface area (Å²) in [6.07, 6.45) is 1.33. The largest absolute Gasteiger partial charge is 0.414 e. The summed E-state index contributed by atoms with van der Waals surface area (Å²) in [5, 5.41) is 0.239. The van der Waals surface area contributed by atoms with Crippen molar-refractivity contribution in [3.8, 4) is 0 Å². The van der Waals surface area contributed by atoms with Crippen molar-refractivity contribution in [2.45, 2.75) is 84.1 Å². The van der Waals surface area contributed by atoms with Crippen LogP contribution in [0.5, 0.6) is 0 Å². The van der Waals surface area contributed by atoms with Crippen LogP contribution in [-0.4, -0.2) is 37.3 Å². The lowest BCUT2D eigenvalue weighted by Gasteiger charge is -2.44. The molecule has 5 heteroatoms. The van der Waals surface area contributed by atoms with Gasteiger partial charge in [-0.1, -0.05) is 50.3 Å². The lowest BCUT2D eigenvalue weighted by Crippen LogP contribution is -2.50. The quantitative estimate of drug-likeness (QED) is 0.351. The molecule has 3 atom stereocenters. The van der Waals surface area contributed by atoms with Crippen LogP contribution in [0, 0.1) is 5.92 Å². The predicted octanol–water partition coefficient (Wildman–Crippen LogP) is 4.99. The molecule has 1 aliphatic rings. The average Bonchev–Trinajstić information content (AvgIpc) is 2.32. The Morgan fingerprint density at radius 1 is 1.29 bits per heavy atom. The van der Waals surface area contributed by atoms with E-state index in [1.165, 1.54) is 0 Å². The van der Waals surface area contributed by atoms with Gasteiger partial charge in [-0.25, -0.2) is 0 Å². The normalized spacial score (nSPS) is 28.4. The van der Waals surface area contributed by atoms with E-state index in [1.807, 2.05) is 13.8 Å². The molecule has 0 aromatic rings. The van der Waals surface area contributed by atoms with Crippen molar-refractivity contribution in [3.63, 3.8) is 0 Å². The van der Waals surface area contributed by atoms with Gasteiger partial charge in [0.1, 0.15) is 0 Å². The van der Waals surface area contributed by atoms with Crippen LogP contribution in [0.2, 0.25) is 18.1 Å². The molecule has 1 saturated heterocycles. The molecule has 0 aromatic heterocycles. The zero-order valence-corrected chi connectivity index (χ0v) is 18.1. The lowest BCUT2D eigenvalue weighted by molar-refractivity contribution is -0.309. The van der Waals surface area contributed by atoms with Crippen LogP contribution in [0.25, 0.3) is 0 Å². The lowest BCUT2D eigenvalue weighted by atomic mass is 9.99. The summed E-state index contributed by atoms with van der Waals surface area (Å²) in [4.78, 5) is 0. The summed E-state index contributed by atoms with van der Waals surface area (Å²) in [6.45, 7) is 18.4. The highest BCUT2D eigenvalue weighted by atomic mass is 127. The van der Waals surface area contributed by atoms with Crippen molar-refractivity contribution >= 4 is 30.9 Å². The molecule has 1 aliphatic heterocycles. The first kappa shape index (κ1) is 19.9. The fraction of sp³-hybridized carbons (Fsp3) is 1.00. The Balaban J connectivity index is 2.66. The van der Waals surface area contributed by atoms with Gasteiger partial charge < -0.3 is 13.9 Å². The first-order valence-corrected chi connectivity index (χ1v) is 12.4. The molecule has 0 radical (unpaired) electrons. The van der Waals surface area contributed by atoms with Crippen molar-refractivity contribution in [2.75, 3.05) is 11.0 Å². The molecule has 3 nitrogen and oxygen atoms in total. The first-order chi connectivity index (χ1) is 9.38. The van der Waals surface area contributed by atoms with Crippen LogP contribution in [0.4, 0.5) is 0 Å². The van der Waals surface area contributed by atoms with E-state index >= 15 is 0 Å². The third-order valence-electron chi connectivity index (χ3n) is 4.70. The highest BCUT2D eigenvalue weighted by molar-refractivity contribution is 14.1. The molecule has 0 spiro atoms. The van der Waals surface area contributed by atoms with Crippen molar-refractivity contribution in [2.24, 2.45) is 5.92 Å². The minimum Gasteiger partial charge on any atom is -0.414 e. The van der Waals surface area contributed by atoms with Crippen molar-refractivity contribution in [1.82, 2.24) is 0 Å². The van der Waals surface area contributed by atoms with Crippen molar-refractivity contribution in [3.05, 3.63) is 0 Å². The van der Waals surface area contributed by atoms with E-state index in [4.69, 9.17) is 13.9 Å². The van der Waals surface area contributed by atoms with Crippen LogP contribution >= 0.6 is 22.6 Å². The van der Waals surface area contributed by atoms with Crippen LogP contribution in [0.15, 0.2) is 0 Å². The standard InChI is InChI=1S/C16H33IO3Si/c1-12(10-17)14-9-13(19-16(5,6)20-14)11-18-21(7,8)15(2,3)4/h12-14H,9-11H2,1-8H3/t12-,13+,14+/m1/s1. The van der Waals surface area contributed by atoms with Crippen molar-refractivity contribution in [1.29, 1.82) is 0 Å². The van der Waals surface area contributed by atoms with E-state index in [-0.39, 0.29) is 17.2 Å². The summed E-state index contributed by atoms with van der Waals surface area (Å²) in [5.41, 5.74) is 0. The van der Waals surface area contributed by atoms with E-state index in [0.717, 1.165) is 10.8 Å². The van der Waals surface area contributed by atoms with E-state index in [2.05, 4.69) is 63.4 Å². The smallest absolute Gasteiger partial charge is 0.192 e. The van der Waals surface area contributed by atoms with Crippen molar-refractivity contribution < 1.29 is 13.9 Å². The Morgan fingerprint density at radius 3 is 2.33 bits per heavy atom. The van der Waals surface area contributed by atoms with Gasteiger partial charge in [-0.15, -0.1) is 0 Å². The summed E-state index contributed by atoms with van der Waals surface area (Å²) in [5.74, 6) is 0.0360. The molecule has 1 fully saturated rings. The van der Waals surface area contributed by atoms with E-state index < -0.39 is 14.1 Å². The Morgan fingerprint density at radius 2 is 1.86 bits per heavy atom. The minimum atomic E-state index is -1.72. The van der Waals surface area contributed by atoms with Gasteiger partial charge in [0, 0.05) is 10.8 Å². The zero-order chi connectivity index (χ0) is 16.5. The van der Waals surface area contributed by atoms with Gasteiger partial charge in [0.15, 0.2) is 14.1 Å². The second-order valence-corrected chi connectivity index (χ2v) is 13.9. The molecule has 1 heterocycles. The van der Waals surface area contributed by atoms with Gasteiger partial charge in [0.05, 0.1) is 18.8 Å². The van der Waals surface area contributed by atoms with E-state index in [9.17, 15) is 0 Å². The van der Waals surface area contributed by atoms with Crippen LogP contribution < -0.4 is 0 Å². The number of alkyl halides is 1. The molecular formula is C16H33IO3Si. The highest BCUT2D eigenvalue weighted by Gasteiger charge is 2.41. The molecule has 0 N–H and O–H groups in total. The maximum atomic E-state index is 6.34. The monoisotopic (exact) mass is 428 g/mol. The van der Waals surface area contributed by atoms with Gasteiger partial charge in [0.25, 0.3) is 0 Å². The van der Waals surface area contributed by atoms with Gasteiger partial charge in [-0.3, -0.25) is 0 Å². The molecule has 1 rings (SSSR count). The summed E-state index contributed by atoms with van der Waals surface area (Å²) in [6, 6.07) is 0. The van der Waals surface area contributed by atoms with Gasteiger partial charge in [0.2, 0.25) is 0 Å². The van der Waals surface area contributed by atoms with E-state index in [0.29, 0.717) is 12.5 Å². The first-order valence-electron chi connectivity index (χ1n) is 7.93. The summed E-state index contributed by atoms with van der Waals surface area (Å²) >= 11 is 2.43. The maximum absolute atomic E-state index is 6.34. The Hall–Kier alpha value is 0.827. The second-order valence-electron chi connectivity index (χ2n) is 8.23. The molecule has 126 valence electrons. The number of hydrogen-bond acceptors (Lipinski definition) is 3. The third-order valence-corrected chi connectivity index (χ3v) is 10.6. The molecule has 21 heavy (non-hydrogen) atoms. The van der Waals surface area contributed by atoms with Gasteiger partial charge in [-0.05, 0) is 37.9 Å². The van der Waals surface area contributed by atoms with Gasteiger partial charge in [-0.2, -0.15) is 0 Å². The van der Waals surface area contributed by atoms with Gasteiger partial charge >= 0.3 is 0 Å². The Bertz CT molecular complexity index is 339. The SMILES string of the molecule is C[C@H](CI)[C@@H]1C[C@@H](CO[Si](C)(C)C(C)(C)C)OC(C)(C)O1. The number of halogens is 1. The molecule has 0 aliphatic carbocycles. The minimum absolute atomic E-state index is 0.137. The molecule has 0 saturated carbocycles. The number of hydrogen-bond donors (Lipinski definition) is 0. The highest BCUT2D eigenvalue weighted by Crippen LogP contribution is 2.38. The maximum Gasteiger partial charge on any atom is 0.192 e. The topological polar surface area (TPSA) is 27.7 Å². The fourth-order valence-corrected chi connectivity index (χ4v) is 3.82. The molecule has 0 unspecified atom stereocenters. The number of ether oxygens (including phenoxy) is 2. The van der Waals surface area contributed by atoms with Crippen LogP contribution in [0.3, 0.4) is 0 Å². The average molecular weight is 428 g/mol. The molecule has 0 bridgehead atoms. The summed E-state index contributed by atoms with van der Waals surface area (Å²) < 4.78 is 19.6. The van der Waals surface area contributed by atoms with Crippen LogP contribution in [-0.2, 0) is 13.9 Å². The summed E-state index contributed by atoms with van der Waals surface area (Å²) in [7, 11) is -1.72. The van der Waals surface area contributed by atoms with E-state index in [1.54, 1.807) is 0 Å². The molecule has 0 aromatic carbocycles. The zero-order valence-electron chi connectivity index (χ0n) is 15.0. The fourth-order valence-electron chi connectivity index (χ4n) is 2.22. The third kappa shape index (κ3) is 5.75. The Kier molecular flexibility index (Phi) is 6.77. The number of rotatable bonds is 5. The predicted molar refractivity (Wildman–Crippen MR) is 99.6 cm³/mol.